The van der Waals surface area contributed by atoms with Crippen LogP contribution in [-0.4, -0.2) is 31.6 Å². The fourth-order valence-corrected chi connectivity index (χ4v) is 3.58. The zero-order valence-corrected chi connectivity index (χ0v) is 12.4. The first-order valence-corrected chi connectivity index (χ1v) is 8.26. The minimum absolute atomic E-state index is 0.119. The van der Waals surface area contributed by atoms with Gasteiger partial charge in [-0.2, -0.15) is 12.7 Å². The molecule has 116 valence electrons. The molecular weight excluding hydrogens is 295 g/mol. The molecule has 0 unspecified atom stereocenters. The number of hydrogen-bond donors (Lipinski definition) is 3. The van der Waals surface area contributed by atoms with E-state index in [2.05, 4.69) is 4.72 Å². The van der Waals surface area contributed by atoms with Gasteiger partial charge in [-0.25, -0.2) is 4.39 Å². The van der Waals surface area contributed by atoms with Gasteiger partial charge in [0.15, 0.2) is 0 Å². The minimum Gasteiger partial charge on any atom is -0.384 e. The molecule has 0 bridgehead atoms. The quantitative estimate of drug-likeness (QED) is 0.582. The lowest BCUT2D eigenvalue weighted by molar-refractivity contribution is 0.427. The molecule has 1 saturated heterocycles. The number of halogens is 1. The second-order valence-corrected chi connectivity index (χ2v) is 6.70. The predicted molar refractivity (Wildman–Crippen MR) is 80.0 cm³/mol. The fourth-order valence-electron chi connectivity index (χ4n) is 2.29. The van der Waals surface area contributed by atoms with Gasteiger partial charge < -0.3 is 5.73 Å². The Kier molecular flexibility index (Phi) is 4.79. The number of hydrogen-bond acceptors (Lipinski definition) is 3. The zero-order chi connectivity index (χ0) is 15.5. The number of nitrogens with zero attached hydrogens (tertiary/aromatic N) is 1. The van der Waals surface area contributed by atoms with Crippen LogP contribution in [0.4, 0.5) is 10.1 Å². The lowest BCUT2D eigenvalue weighted by Gasteiger charge is -2.21. The molecular formula is C13H19FN4O2S. The average Bonchev–Trinajstić information content (AvgIpc) is 2.70. The molecule has 1 aromatic carbocycles. The van der Waals surface area contributed by atoms with Crippen molar-refractivity contribution in [1.29, 1.82) is 5.41 Å². The molecule has 0 aliphatic carbocycles. The van der Waals surface area contributed by atoms with Crippen LogP contribution in [0.3, 0.4) is 0 Å². The number of nitrogen functional groups attached to an aromatic ring is 1. The van der Waals surface area contributed by atoms with Crippen LogP contribution >= 0.6 is 0 Å². The summed E-state index contributed by atoms with van der Waals surface area (Å²) in [6.07, 6.45) is 3.72. The Morgan fingerprint density at radius 3 is 2.43 bits per heavy atom. The van der Waals surface area contributed by atoms with Crippen molar-refractivity contribution in [3.05, 3.63) is 29.6 Å². The SMILES string of the molecule is N=C(N)c1cc(NS(=O)(=O)N2CCCCCC2)ccc1F. The van der Waals surface area contributed by atoms with E-state index in [9.17, 15) is 12.8 Å². The van der Waals surface area contributed by atoms with Gasteiger partial charge in [-0.1, -0.05) is 12.8 Å². The summed E-state index contributed by atoms with van der Waals surface area (Å²) >= 11 is 0. The Labute approximate surface area is 123 Å². The fraction of sp³-hybridized carbons (Fsp3) is 0.462. The molecule has 0 saturated carbocycles. The van der Waals surface area contributed by atoms with Crippen LogP contribution in [-0.2, 0) is 10.2 Å². The average molecular weight is 314 g/mol. The van der Waals surface area contributed by atoms with Crippen molar-refractivity contribution in [2.45, 2.75) is 25.7 Å². The molecule has 1 aromatic rings. The maximum absolute atomic E-state index is 13.5. The lowest BCUT2D eigenvalue weighted by Crippen LogP contribution is -2.36. The molecule has 8 heteroatoms. The molecule has 0 spiro atoms. The van der Waals surface area contributed by atoms with Gasteiger partial charge in [-0.15, -0.1) is 0 Å². The van der Waals surface area contributed by atoms with E-state index in [1.807, 2.05) is 0 Å². The largest absolute Gasteiger partial charge is 0.384 e. The first-order valence-electron chi connectivity index (χ1n) is 6.82. The Morgan fingerprint density at radius 1 is 1.24 bits per heavy atom. The van der Waals surface area contributed by atoms with Crippen LogP contribution in [0.2, 0.25) is 0 Å². The van der Waals surface area contributed by atoms with Crippen LogP contribution in [0, 0.1) is 11.2 Å². The zero-order valence-electron chi connectivity index (χ0n) is 11.6. The highest BCUT2D eigenvalue weighted by Gasteiger charge is 2.23. The summed E-state index contributed by atoms with van der Waals surface area (Å²) in [5, 5.41) is 7.28. The van der Waals surface area contributed by atoms with Crippen molar-refractivity contribution in [2.24, 2.45) is 5.73 Å². The molecule has 4 N–H and O–H groups in total. The van der Waals surface area contributed by atoms with Crippen LogP contribution in [0.5, 0.6) is 0 Å². The summed E-state index contributed by atoms with van der Waals surface area (Å²) in [6, 6.07) is 3.64. The number of benzene rings is 1. The number of anilines is 1. The molecule has 0 radical (unpaired) electrons. The monoisotopic (exact) mass is 314 g/mol. The Hall–Kier alpha value is -1.67. The second kappa shape index (κ2) is 6.40. The number of amidine groups is 1. The van der Waals surface area contributed by atoms with E-state index >= 15 is 0 Å². The number of nitrogens with one attached hydrogen (secondary N) is 2. The normalized spacial score (nSPS) is 17.2. The van der Waals surface area contributed by atoms with Crippen LogP contribution in [0.1, 0.15) is 31.2 Å². The summed E-state index contributed by atoms with van der Waals surface area (Å²) in [5.74, 6) is -1.09. The van der Waals surface area contributed by atoms with Gasteiger partial charge in [-0.3, -0.25) is 10.1 Å². The number of nitrogens with two attached hydrogens (primary N) is 1. The third-order valence-electron chi connectivity index (χ3n) is 3.41. The highest BCUT2D eigenvalue weighted by Crippen LogP contribution is 2.19. The van der Waals surface area contributed by atoms with E-state index in [4.69, 9.17) is 11.1 Å². The first-order chi connectivity index (χ1) is 9.90. The molecule has 1 aliphatic heterocycles. The summed E-state index contributed by atoms with van der Waals surface area (Å²) in [4.78, 5) is 0. The smallest absolute Gasteiger partial charge is 0.301 e. The van der Waals surface area contributed by atoms with E-state index < -0.39 is 21.9 Å². The topological polar surface area (TPSA) is 99.3 Å². The molecule has 0 aromatic heterocycles. The van der Waals surface area contributed by atoms with Crippen molar-refractivity contribution in [1.82, 2.24) is 4.31 Å². The van der Waals surface area contributed by atoms with Gasteiger partial charge in [-0.05, 0) is 31.0 Å². The van der Waals surface area contributed by atoms with Gasteiger partial charge in [0.05, 0.1) is 11.3 Å². The molecule has 1 heterocycles. The van der Waals surface area contributed by atoms with Gasteiger partial charge in [0, 0.05) is 13.1 Å². The maximum Gasteiger partial charge on any atom is 0.301 e. The van der Waals surface area contributed by atoms with E-state index in [-0.39, 0.29) is 11.3 Å². The second-order valence-electron chi connectivity index (χ2n) is 5.03. The van der Waals surface area contributed by atoms with Gasteiger partial charge >= 0.3 is 10.2 Å². The summed E-state index contributed by atoms with van der Waals surface area (Å²) in [6.45, 7) is 0.964. The van der Waals surface area contributed by atoms with E-state index in [0.29, 0.717) is 13.1 Å². The van der Waals surface area contributed by atoms with Gasteiger partial charge in [0.2, 0.25) is 0 Å². The van der Waals surface area contributed by atoms with E-state index in [1.54, 1.807) is 0 Å². The molecule has 2 rings (SSSR count). The molecule has 0 atom stereocenters. The van der Waals surface area contributed by atoms with Crippen LogP contribution in [0.25, 0.3) is 0 Å². The maximum atomic E-state index is 13.5. The summed E-state index contributed by atoms with van der Waals surface area (Å²) in [5.41, 5.74) is 5.35. The third kappa shape index (κ3) is 3.92. The van der Waals surface area contributed by atoms with Crippen molar-refractivity contribution >= 4 is 21.7 Å². The molecule has 1 fully saturated rings. The van der Waals surface area contributed by atoms with Gasteiger partial charge in [0.25, 0.3) is 0 Å². The summed E-state index contributed by atoms with van der Waals surface area (Å²) in [7, 11) is -3.67. The lowest BCUT2D eigenvalue weighted by atomic mass is 10.2. The summed E-state index contributed by atoms with van der Waals surface area (Å²) < 4.78 is 41.9. The predicted octanol–water partition coefficient (Wildman–Crippen LogP) is 1.64. The molecule has 21 heavy (non-hydrogen) atoms. The highest BCUT2D eigenvalue weighted by molar-refractivity contribution is 7.90. The van der Waals surface area contributed by atoms with E-state index in [1.165, 1.54) is 16.4 Å². The van der Waals surface area contributed by atoms with Crippen molar-refractivity contribution in [3.8, 4) is 0 Å². The molecule has 6 nitrogen and oxygen atoms in total. The van der Waals surface area contributed by atoms with Crippen molar-refractivity contribution in [2.75, 3.05) is 17.8 Å². The van der Waals surface area contributed by atoms with Crippen molar-refractivity contribution in [3.63, 3.8) is 0 Å². The standard InChI is InChI=1S/C13H19FN4O2S/c14-12-6-5-10(9-11(12)13(15)16)17-21(19,20)18-7-3-1-2-4-8-18/h5-6,9,17H,1-4,7-8H2,(H3,15,16). The molecule has 1 aliphatic rings. The van der Waals surface area contributed by atoms with Gasteiger partial charge in [0.1, 0.15) is 11.7 Å². The number of rotatable bonds is 4. The van der Waals surface area contributed by atoms with Crippen molar-refractivity contribution < 1.29 is 12.8 Å². The van der Waals surface area contributed by atoms with Crippen LogP contribution in [0.15, 0.2) is 18.2 Å². The Balaban J connectivity index is 2.20. The van der Waals surface area contributed by atoms with Crippen LogP contribution < -0.4 is 10.5 Å². The van der Waals surface area contributed by atoms with E-state index in [0.717, 1.165) is 31.7 Å². The Morgan fingerprint density at radius 2 is 1.86 bits per heavy atom. The first kappa shape index (κ1) is 15.7. The molecule has 0 amide bonds. The highest BCUT2D eigenvalue weighted by atomic mass is 32.2. The Bertz CT molecular complexity index is 625. The third-order valence-corrected chi connectivity index (χ3v) is 4.95. The minimum atomic E-state index is -3.67.